The number of imidazole rings is 1. The fraction of sp³-hybridized carbons (Fsp3) is 0.538. The molecule has 1 unspecified atom stereocenters. The first-order chi connectivity index (χ1) is 10.0. The number of pyridine rings is 1. The van der Waals surface area contributed by atoms with Crippen molar-refractivity contribution < 1.29 is 20.1 Å². The monoisotopic (exact) mass is 294 g/mol. The van der Waals surface area contributed by atoms with Crippen molar-refractivity contribution in [3.63, 3.8) is 0 Å². The van der Waals surface area contributed by atoms with E-state index in [1.54, 1.807) is 23.2 Å². The van der Waals surface area contributed by atoms with Crippen molar-refractivity contribution in [1.29, 1.82) is 0 Å². The molecule has 8 nitrogen and oxygen atoms in total. The Labute approximate surface area is 121 Å². The van der Waals surface area contributed by atoms with E-state index in [2.05, 4.69) is 9.97 Å². The number of fused-ring (bicyclic) bond motifs is 1. The Morgan fingerprint density at radius 2 is 2.05 bits per heavy atom. The van der Waals surface area contributed by atoms with Crippen LogP contribution in [0.2, 0.25) is 0 Å². The number of hydrogen-bond donors (Lipinski definition) is 3. The Morgan fingerprint density at radius 3 is 2.67 bits per heavy atom. The van der Waals surface area contributed by atoms with E-state index in [9.17, 15) is 10.2 Å². The molecule has 4 atom stereocenters. The van der Waals surface area contributed by atoms with E-state index in [0.717, 1.165) is 5.52 Å². The Kier molecular flexibility index (Phi) is 3.54. The van der Waals surface area contributed by atoms with E-state index < -0.39 is 24.5 Å². The summed E-state index contributed by atoms with van der Waals surface area (Å²) in [7, 11) is 3.74. The van der Waals surface area contributed by atoms with Crippen molar-refractivity contribution in [2.24, 2.45) is 0 Å². The van der Waals surface area contributed by atoms with Gasteiger partial charge in [-0.2, -0.15) is 0 Å². The van der Waals surface area contributed by atoms with Crippen molar-refractivity contribution in [3.8, 4) is 0 Å². The standard InChI is InChI=1S/C13H18N4O4/c1-16(2)12-9-7(3-4-14-12)17(6-15-9)13-11(20)10(19)8(5-18)21-13/h3-4,6,8,10-11,13,18-20H,5H2,1-2H3/t8-,10-,11-,13?/m1/s1. The molecule has 2 aromatic heterocycles. The van der Waals surface area contributed by atoms with Crippen molar-refractivity contribution in [2.45, 2.75) is 24.5 Å². The van der Waals surface area contributed by atoms with Gasteiger partial charge in [-0.1, -0.05) is 0 Å². The van der Waals surface area contributed by atoms with Crippen LogP contribution in [0.5, 0.6) is 0 Å². The maximum atomic E-state index is 10.1. The van der Waals surface area contributed by atoms with Crippen LogP contribution in [0.4, 0.5) is 5.82 Å². The first-order valence-corrected chi connectivity index (χ1v) is 6.66. The van der Waals surface area contributed by atoms with Gasteiger partial charge < -0.3 is 29.5 Å². The van der Waals surface area contributed by atoms with Crippen LogP contribution >= 0.6 is 0 Å². The molecular weight excluding hydrogens is 276 g/mol. The van der Waals surface area contributed by atoms with Gasteiger partial charge in [0, 0.05) is 20.3 Å². The molecule has 2 aromatic rings. The van der Waals surface area contributed by atoms with E-state index in [4.69, 9.17) is 9.84 Å². The molecule has 1 saturated heterocycles. The number of nitrogens with zero attached hydrogens (tertiary/aromatic N) is 4. The molecule has 0 amide bonds. The van der Waals surface area contributed by atoms with Gasteiger partial charge in [-0.05, 0) is 6.07 Å². The molecule has 0 aliphatic carbocycles. The zero-order chi connectivity index (χ0) is 15.1. The van der Waals surface area contributed by atoms with Gasteiger partial charge in [-0.15, -0.1) is 0 Å². The minimum atomic E-state index is -1.13. The predicted octanol–water partition coefficient (Wildman–Crippen LogP) is -0.891. The lowest BCUT2D eigenvalue weighted by Crippen LogP contribution is -2.33. The highest BCUT2D eigenvalue weighted by Crippen LogP contribution is 2.32. The summed E-state index contributed by atoms with van der Waals surface area (Å²) < 4.78 is 7.17. The normalized spacial score (nSPS) is 29.2. The highest BCUT2D eigenvalue weighted by Gasteiger charge is 2.43. The number of ether oxygens (including phenoxy) is 1. The summed E-state index contributed by atoms with van der Waals surface area (Å²) in [6, 6.07) is 1.77. The summed E-state index contributed by atoms with van der Waals surface area (Å²) >= 11 is 0. The Balaban J connectivity index is 2.04. The molecular formula is C13H18N4O4. The lowest BCUT2D eigenvalue weighted by molar-refractivity contribution is -0.0508. The van der Waals surface area contributed by atoms with Crippen LogP contribution < -0.4 is 4.90 Å². The lowest BCUT2D eigenvalue weighted by atomic mass is 10.1. The van der Waals surface area contributed by atoms with Crippen LogP contribution in [0, 0.1) is 0 Å². The SMILES string of the molecule is CN(C)c1nccc2c1ncn2C1O[C@H](CO)[C@@H](O)[C@H]1O. The topological polar surface area (TPSA) is 104 Å². The minimum Gasteiger partial charge on any atom is -0.394 e. The highest BCUT2D eigenvalue weighted by molar-refractivity contribution is 5.86. The second-order valence-corrected chi connectivity index (χ2v) is 5.28. The third kappa shape index (κ3) is 2.16. The fourth-order valence-corrected chi connectivity index (χ4v) is 2.59. The zero-order valence-corrected chi connectivity index (χ0v) is 11.8. The first-order valence-electron chi connectivity index (χ1n) is 6.66. The third-order valence-electron chi connectivity index (χ3n) is 3.69. The smallest absolute Gasteiger partial charge is 0.164 e. The summed E-state index contributed by atoms with van der Waals surface area (Å²) in [6.07, 6.45) is -0.670. The summed E-state index contributed by atoms with van der Waals surface area (Å²) in [5.74, 6) is 0.706. The van der Waals surface area contributed by atoms with Gasteiger partial charge in [0.1, 0.15) is 23.8 Å². The lowest BCUT2D eigenvalue weighted by Gasteiger charge is -2.17. The van der Waals surface area contributed by atoms with Gasteiger partial charge in [-0.25, -0.2) is 9.97 Å². The van der Waals surface area contributed by atoms with Gasteiger partial charge in [0.25, 0.3) is 0 Å². The van der Waals surface area contributed by atoms with Gasteiger partial charge in [-0.3, -0.25) is 0 Å². The van der Waals surface area contributed by atoms with E-state index in [0.29, 0.717) is 11.3 Å². The molecule has 3 N–H and O–H groups in total. The molecule has 1 aliphatic rings. The van der Waals surface area contributed by atoms with Crippen molar-refractivity contribution in [1.82, 2.24) is 14.5 Å². The maximum Gasteiger partial charge on any atom is 0.164 e. The van der Waals surface area contributed by atoms with Crippen LogP contribution in [-0.2, 0) is 4.74 Å². The van der Waals surface area contributed by atoms with Crippen LogP contribution in [0.25, 0.3) is 11.0 Å². The first kappa shape index (κ1) is 14.2. The van der Waals surface area contributed by atoms with E-state index in [1.165, 1.54) is 0 Å². The van der Waals surface area contributed by atoms with Crippen LogP contribution in [0.3, 0.4) is 0 Å². The maximum absolute atomic E-state index is 10.1. The average Bonchev–Trinajstić information content (AvgIpc) is 3.01. The summed E-state index contributed by atoms with van der Waals surface area (Å²) in [5.41, 5.74) is 1.42. The number of anilines is 1. The molecule has 0 radical (unpaired) electrons. The second kappa shape index (κ2) is 5.23. The van der Waals surface area contributed by atoms with Crippen LogP contribution in [0.15, 0.2) is 18.6 Å². The van der Waals surface area contributed by atoms with E-state index in [1.807, 2.05) is 19.0 Å². The highest BCUT2D eigenvalue weighted by atomic mass is 16.6. The van der Waals surface area contributed by atoms with Crippen molar-refractivity contribution in [3.05, 3.63) is 18.6 Å². The molecule has 8 heteroatoms. The molecule has 0 aromatic carbocycles. The molecule has 3 heterocycles. The fourth-order valence-electron chi connectivity index (χ4n) is 2.59. The van der Waals surface area contributed by atoms with Gasteiger partial charge in [0.05, 0.1) is 18.5 Å². The quantitative estimate of drug-likeness (QED) is 0.674. The van der Waals surface area contributed by atoms with Crippen LogP contribution in [-0.4, -0.2) is 68.9 Å². The average molecular weight is 294 g/mol. The Hall–Kier alpha value is -1.74. The molecule has 0 saturated carbocycles. The summed E-state index contributed by atoms with van der Waals surface area (Å²) in [6.45, 7) is -0.355. The van der Waals surface area contributed by atoms with Gasteiger partial charge in [0.2, 0.25) is 0 Å². The number of aliphatic hydroxyl groups is 3. The molecule has 1 fully saturated rings. The third-order valence-corrected chi connectivity index (χ3v) is 3.69. The minimum absolute atomic E-state index is 0.355. The molecule has 0 bridgehead atoms. The number of aromatic nitrogens is 3. The van der Waals surface area contributed by atoms with Crippen LogP contribution in [0.1, 0.15) is 6.23 Å². The number of rotatable bonds is 3. The Morgan fingerprint density at radius 1 is 1.29 bits per heavy atom. The van der Waals surface area contributed by atoms with Gasteiger partial charge in [0.15, 0.2) is 12.0 Å². The van der Waals surface area contributed by atoms with E-state index in [-0.39, 0.29) is 6.61 Å². The molecule has 1 aliphatic heterocycles. The second-order valence-electron chi connectivity index (χ2n) is 5.28. The zero-order valence-electron chi connectivity index (χ0n) is 11.8. The summed E-state index contributed by atoms with van der Waals surface area (Å²) in [4.78, 5) is 10.4. The van der Waals surface area contributed by atoms with Gasteiger partial charge >= 0.3 is 0 Å². The number of hydrogen-bond acceptors (Lipinski definition) is 7. The number of aliphatic hydroxyl groups excluding tert-OH is 3. The van der Waals surface area contributed by atoms with Crippen molar-refractivity contribution >= 4 is 16.9 Å². The molecule has 21 heavy (non-hydrogen) atoms. The molecule has 3 rings (SSSR count). The molecule has 0 spiro atoms. The predicted molar refractivity (Wildman–Crippen MR) is 74.9 cm³/mol. The molecule has 114 valence electrons. The summed E-state index contributed by atoms with van der Waals surface area (Å²) in [5, 5.41) is 29.1. The van der Waals surface area contributed by atoms with E-state index >= 15 is 0 Å². The van der Waals surface area contributed by atoms with Crippen molar-refractivity contribution in [2.75, 3.05) is 25.6 Å². The Bertz CT molecular complexity index is 644. The largest absolute Gasteiger partial charge is 0.394 e.